The fourth-order valence-corrected chi connectivity index (χ4v) is 2.02. The van der Waals surface area contributed by atoms with Crippen molar-refractivity contribution >= 4 is 11.3 Å². The van der Waals surface area contributed by atoms with Crippen LogP contribution in [0.3, 0.4) is 0 Å². The summed E-state index contributed by atoms with van der Waals surface area (Å²) in [5, 5.41) is 1.04. The summed E-state index contributed by atoms with van der Waals surface area (Å²) in [5.41, 5.74) is 1.20. The van der Waals surface area contributed by atoms with Gasteiger partial charge in [-0.2, -0.15) is 0 Å². The number of benzene rings is 1. The number of nitrogens with zero attached hydrogens (tertiary/aromatic N) is 1. The average Bonchev–Trinajstić information content (AvgIpc) is 2.66. The third-order valence-corrected chi connectivity index (χ3v) is 2.89. The number of hydrogen-bond donors (Lipinski definition) is 0. The molecule has 0 saturated carbocycles. The summed E-state index contributed by atoms with van der Waals surface area (Å²) < 4.78 is 5.57. The van der Waals surface area contributed by atoms with E-state index in [0.29, 0.717) is 13.2 Å². The lowest BCUT2D eigenvalue weighted by atomic mass is 10.2. The van der Waals surface area contributed by atoms with Gasteiger partial charge < -0.3 is 4.74 Å². The van der Waals surface area contributed by atoms with Crippen LogP contribution in [0, 0.1) is 6.92 Å². The standard InChI is InChI=1S/C12H13NOS/c1-10-7-13-12(15-10)9-14-8-11-5-3-2-4-6-11/h2-7H,8-9H2,1H3. The van der Waals surface area contributed by atoms with Crippen LogP contribution < -0.4 is 0 Å². The van der Waals surface area contributed by atoms with E-state index in [4.69, 9.17) is 4.74 Å². The van der Waals surface area contributed by atoms with Crippen LogP contribution in [0.4, 0.5) is 0 Å². The molecule has 0 amide bonds. The van der Waals surface area contributed by atoms with Crippen molar-refractivity contribution in [2.75, 3.05) is 0 Å². The van der Waals surface area contributed by atoms with Gasteiger partial charge in [-0.1, -0.05) is 30.3 Å². The molecule has 0 saturated heterocycles. The van der Waals surface area contributed by atoms with Crippen molar-refractivity contribution in [1.29, 1.82) is 0 Å². The summed E-state index contributed by atoms with van der Waals surface area (Å²) in [5.74, 6) is 0. The lowest BCUT2D eigenvalue weighted by Crippen LogP contribution is -1.92. The van der Waals surface area contributed by atoms with Gasteiger partial charge in [-0.3, -0.25) is 0 Å². The zero-order valence-electron chi connectivity index (χ0n) is 8.64. The monoisotopic (exact) mass is 219 g/mol. The number of hydrogen-bond acceptors (Lipinski definition) is 3. The fourth-order valence-electron chi connectivity index (χ4n) is 1.30. The summed E-state index contributed by atoms with van der Waals surface area (Å²) in [4.78, 5) is 5.47. The largest absolute Gasteiger partial charge is 0.370 e. The van der Waals surface area contributed by atoms with Gasteiger partial charge in [-0.25, -0.2) is 4.98 Å². The molecule has 0 aliphatic heterocycles. The molecule has 1 aromatic heterocycles. The molecule has 1 aromatic carbocycles. The first-order valence-corrected chi connectivity index (χ1v) is 5.69. The Kier molecular flexibility index (Phi) is 3.48. The van der Waals surface area contributed by atoms with Crippen molar-refractivity contribution in [1.82, 2.24) is 4.98 Å². The zero-order chi connectivity index (χ0) is 10.5. The lowest BCUT2D eigenvalue weighted by molar-refractivity contribution is 0.107. The van der Waals surface area contributed by atoms with Crippen molar-refractivity contribution in [3.8, 4) is 0 Å². The SMILES string of the molecule is Cc1cnc(COCc2ccccc2)s1. The van der Waals surface area contributed by atoms with E-state index in [0.717, 1.165) is 5.01 Å². The molecule has 1 heterocycles. The van der Waals surface area contributed by atoms with E-state index in [2.05, 4.69) is 24.0 Å². The molecular formula is C12H13NOS. The Hall–Kier alpha value is -1.19. The number of aryl methyl sites for hydroxylation is 1. The van der Waals surface area contributed by atoms with Gasteiger partial charge >= 0.3 is 0 Å². The van der Waals surface area contributed by atoms with Gasteiger partial charge in [0.15, 0.2) is 0 Å². The van der Waals surface area contributed by atoms with Crippen LogP contribution >= 0.6 is 11.3 Å². The fraction of sp³-hybridized carbons (Fsp3) is 0.250. The maximum Gasteiger partial charge on any atom is 0.119 e. The Balaban J connectivity index is 1.80. The van der Waals surface area contributed by atoms with Gasteiger partial charge in [0.25, 0.3) is 0 Å². The van der Waals surface area contributed by atoms with Gasteiger partial charge in [0.05, 0.1) is 13.2 Å². The van der Waals surface area contributed by atoms with E-state index in [1.54, 1.807) is 11.3 Å². The molecule has 3 heteroatoms. The molecular weight excluding hydrogens is 206 g/mol. The molecule has 78 valence electrons. The van der Waals surface area contributed by atoms with E-state index in [9.17, 15) is 0 Å². The summed E-state index contributed by atoms with van der Waals surface area (Å²) in [6, 6.07) is 10.2. The topological polar surface area (TPSA) is 22.1 Å². The molecule has 0 bridgehead atoms. The minimum absolute atomic E-state index is 0.605. The zero-order valence-corrected chi connectivity index (χ0v) is 9.46. The first kappa shape index (κ1) is 10.3. The second-order valence-corrected chi connectivity index (χ2v) is 4.66. The smallest absolute Gasteiger partial charge is 0.119 e. The van der Waals surface area contributed by atoms with Gasteiger partial charge in [0.2, 0.25) is 0 Å². The van der Waals surface area contributed by atoms with Crippen molar-refractivity contribution in [2.45, 2.75) is 20.1 Å². The molecule has 15 heavy (non-hydrogen) atoms. The van der Waals surface area contributed by atoms with Crippen molar-refractivity contribution in [2.24, 2.45) is 0 Å². The first-order valence-electron chi connectivity index (χ1n) is 4.87. The number of ether oxygens (including phenoxy) is 1. The van der Waals surface area contributed by atoms with Crippen LogP contribution in [-0.2, 0) is 18.0 Å². The summed E-state index contributed by atoms with van der Waals surface area (Å²) in [7, 11) is 0. The summed E-state index contributed by atoms with van der Waals surface area (Å²) in [6.07, 6.45) is 1.88. The molecule has 2 rings (SSSR count). The third-order valence-electron chi connectivity index (χ3n) is 2.01. The molecule has 0 atom stereocenters. The van der Waals surface area contributed by atoms with Crippen molar-refractivity contribution in [3.63, 3.8) is 0 Å². The molecule has 2 nitrogen and oxygen atoms in total. The number of thiazole rings is 1. The van der Waals surface area contributed by atoms with Crippen LogP contribution in [0.25, 0.3) is 0 Å². The summed E-state index contributed by atoms with van der Waals surface area (Å²) >= 11 is 1.69. The van der Waals surface area contributed by atoms with Gasteiger partial charge in [-0.15, -0.1) is 11.3 Å². The van der Waals surface area contributed by atoms with Crippen LogP contribution in [0.5, 0.6) is 0 Å². The second kappa shape index (κ2) is 5.05. The molecule has 0 N–H and O–H groups in total. The van der Waals surface area contributed by atoms with E-state index in [1.807, 2.05) is 24.4 Å². The molecule has 0 aliphatic rings. The molecule has 0 aliphatic carbocycles. The average molecular weight is 219 g/mol. The Morgan fingerprint density at radius 1 is 1.20 bits per heavy atom. The van der Waals surface area contributed by atoms with Crippen LogP contribution in [0.15, 0.2) is 36.5 Å². The van der Waals surface area contributed by atoms with Crippen LogP contribution in [0.2, 0.25) is 0 Å². The Bertz CT molecular complexity index is 411. The van der Waals surface area contributed by atoms with Crippen molar-refractivity contribution in [3.05, 3.63) is 52.0 Å². The Labute approximate surface area is 93.6 Å². The highest BCUT2D eigenvalue weighted by molar-refractivity contribution is 7.11. The van der Waals surface area contributed by atoms with Gasteiger partial charge in [0.1, 0.15) is 5.01 Å². The number of aromatic nitrogens is 1. The van der Waals surface area contributed by atoms with Gasteiger partial charge in [0, 0.05) is 11.1 Å². The third kappa shape index (κ3) is 3.15. The predicted molar refractivity (Wildman–Crippen MR) is 61.8 cm³/mol. The molecule has 0 fully saturated rings. The minimum Gasteiger partial charge on any atom is -0.370 e. The highest BCUT2D eigenvalue weighted by atomic mass is 32.1. The molecule has 2 aromatic rings. The second-order valence-electron chi connectivity index (χ2n) is 3.34. The Morgan fingerprint density at radius 2 is 2.00 bits per heavy atom. The van der Waals surface area contributed by atoms with E-state index >= 15 is 0 Å². The quantitative estimate of drug-likeness (QED) is 0.788. The first-order chi connectivity index (χ1) is 7.34. The Morgan fingerprint density at radius 3 is 2.67 bits per heavy atom. The van der Waals surface area contributed by atoms with Gasteiger partial charge in [-0.05, 0) is 12.5 Å². The van der Waals surface area contributed by atoms with Crippen LogP contribution in [0.1, 0.15) is 15.4 Å². The number of rotatable bonds is 4. The van der Waals surface area contributed by atoms with Crippen LogP contribution in [-0.4, -0.2) is 4.98 Å². The lowest BCUT2D eigenvalue weighted by Gasteiger charge is -2.01. The molecule has 0 unspecified atom stereocenters. The maximum absolute atomic E-state index is 5.57. The highest BCUT2D eigenvalue weighted by Crippen LogP contribution is 2.12. The highest BCUT2D eigenvalue weighted by Gasteiger charge is 1.98. The molecule has 0 radical (unpaired) electrons. The van der Waals surface area contributed by atoms with E-state index in [1.165, 1.54) is 10.4 Å². The maximum atomic E-state index is 5.57. The molecule has 0 spiro atoms. The summed E-state index contributed by atoms with van der Waals surface area (Å²) in [6.45, 7) is 3.31. The normalized spacial score (nSPS) is 10.5. The van der Waals surface area contributed by atoms with E-state index < -0.39 is 0 Å². The van der Waals surface area contributed by atoms with E-state index in [-0.39, 0.29) is 0 Å². The van der Waals surface area contributed by atoms with Crippen molar-refractivity contribution < 1.29 is 4.74 Å². The predicted octanol–water partition coefficient (Wildman–Crippen LogP) is 3.17. The minimum atomic E-state index is 0.605.